The van der Waals surface area contributed by atoms with E-state index in [4.69, 9.17) is 9.98 Å². The van der Waals surface area contributed by atoms with Crippen LogP contribution in [0.2, 0.25) is 0 Å². The molecule has 3 heteroatoms. The van der Waals surface area contributed by atoms with E-state index in [1.54, 1.807) is 0 Å². The van der Waals surface area contributed by atoms with Crippen molar-refractivity contribution in [3.63, 3.8) is 0 Å². The fourth-order valence-corrected chi connectivity index (χ4v) is 6.54. The number of benzene rings is 5. The average molecular weight is 455 g/mol. The van der Waals surface area contributed by atoms with E-state index in [9.17, 15) is 0 Å². The molecular weight excluding hydrogens is 431 g/mol. The van der Waals surface area contributed by atoms with Gasteiger partial charge in [-0.05, 0) is 36.0 Å². The number of aliphatic imine (C=N–C) groups is 2. The van der Waals surface area contributed by atoms with Gasteiger partial charge in [-0.2, -0.15) is 0 Å². The van der Waals surface area contributed by atoms with Gasteiger partial charge in [0.05, 0.1) is 23.4 Å². The van der Waals surface area contributed by atoms with Crippen LogP contribution in [-0.2, 0) is 0 Å². The largest absolute Gasteiger partial charge is 0.277 e. The molecule has 5 aromatic rings. The molecule has 1 aliphatic rings. The van der Waals surface area contributed by atoms with Crippen LogP contribution in [0.25, 0.3) is 10.8 Å². The zero-order chi connectivity index (χ0) is 22.7. The van der Waals surface area contributed by atoms with Crippen molar-refractivity contribution in [3.8, 4) is 0 Å². The number of rotatable bonds is 5. The topological polar surface area (TPSA) is 24.7 Å². The first-order valence-corrected chi connectivity index (χ1v) is 13.0. The molecule has 1 aliphatic carbocycles. The van der Waals surface area contributed by atoms with Crippen LogP contribution >= 0.6 is 7.92 Å². The molecule has 0 bridgehead atoms. The second-order valence-electron chi connectivity index (χ2n) is 8.25. The summed E-state index contributed by atoms with van der Waals surface area (Å²) in [4.78, 5) is 10.4. The summed E-state index contributed by atoms with van der Waals surface area (Å²) in [6.07, 6.45) is 0.719. The highest BCUT2D eigenvalue weighted by Crippen LogP contribution is 2.37. The number of hydrogen-bond acceptors (Lipinski definition) is 2. The Morgan fingerprint density at radius 2 is 1.03 bits per heavy atom. The Morgan fingerprint density at radius 1 is 0.500 bits per heavy atom. The molecule has 0 unspecified atom stereocenters. The van der Waals surface area contributed by atoms with Crippen molar-refractivity contribution in [2.75, 3.05) is 6.29 Å². The minimum atomic E-state index is -0.623. The second-order valence-corrected chi connectivity index (χ2v) is 10.4. The molecule has 0 N–H and O–H groups in total. The van der Waals surface area contributed by atoms with E-state index in [2.05, 4.69) is 109 Å². The number of nitrogens with zero attached hydrogens (tertiary/aromatic N) is 2. The third-order valence-electron chi connectivity index (χ3n) is 6.14. The predicted molar refractivity (Wildman–Crippen MR) is 147 cm³/mol. The summed E-state index contributed by atoms with van der Waals surface area (Å²) in [5, 5.41) is 5.16. The molecule has 0 saturated heterocycles. The van der Waals surface area contributed by atoms with Gasteiger partial charge >= 0.3 is 0 Å². The maximum atomic E-state index is 5.31. The van der Waals surface area contributed by atoms with E-state index < -0.39 is 7.92 Å². The van der Waals surface area contributed by atoms with E-state index in [1.807, 2.05) is 18.2 Å². The zero-order valence-electron chi connectivity index (χ0n) is 18.7. The monoisotopic (exact) mass is 454 g/mol. The Labute approximate surface area is 201 Å². The molecule has 0 amide bonds. The molecule has 5 aromatic carbocycles. The van der Waals surface area contributed by atoms with E-state index in [-0.39, 0.29) is 0 Å². The quantitative estimate of drug-likeness (QED) is 0.259. The van der Waals surface area contributed by atoms with Gasteiger partial charge in [0, 0.05) is 16.5 Å². The SMILES string of the molecule is c1ccc(N=C2C(=NCP(c3ccccc3)c3ccccc3)c3cccc4cccc2c34)cc1. The second kappa shape index (κ2) is 9.17. The fourth-order valence-electron chi connectivity index (χ4n) is 4.57. The molecule has 0 fully saturated rings. The highest BCUT2D eigenvalue weighted by atomic mass is 31.1. The molecule has 34 heavy (non-hydrogen) atoms. The van der Waals surface area contributed by atoms with Gasteiger partial charge in [0.15, 0.2) is 0 Å². The Kier molecular flexibility index (Phi) is 5.59. The summed E-state index contributed by atoms with van der Waals surface area (Å²) >= 11 is 0. The molecule has 162 valence electrons. The van der Waals surface area contributed by atoms with Crippen molar-refractivity contribution in [1.29, 1.82) is 0 Å². The lowest BCUT2D eigenvalue weighted by atomic mass is 10.1. The van der Waals surface area contributed by atoms with E-state index in [0.717, 1.165) is 23.4 Å². The van der Waals surface area contributed by atoms with Crippen molar-refractivity contribution >= 4 is 46.4 Å². The number of para-hydroxylation sites is 1. The van der Waals surface area contributed by atoms with Gasteiger partial charge in [-0.1, -0.05) is 115 Å². The summed E-state index contributed by atoms with van der Waals surface area (Å²) in [5.41, 5.74) is 5.26. The van der Waals surface area contributed by atoms with Gasteiger partial charge in [0.25, 0.3) is 0 Å². The van der Waals surface area contributed by atoms with Gasteiger partial charge in [-0.25, -0.2) is 4.99 Å². The van der Waals surface area contributed by atoms with Crippen molar-refractivity contribution < 1.29 is 0 Å². The summed E-state index contributed by atoms with van der Waals surface area (Å²) in [7, 11) is -0.623. The van der Waals surface area contributed by atoms with Gasteiger partial charge in [-0.3, -0.25) is 4.99 Å². The van der Waals surface area contributed by atoms with Crippen LogP contribution in [0, 0.1) is 0 Å². The lowest BCUT2D eigenvalue weighted by Crippen LogP contribution is -2.16. The van der Waals surface area contributed by atoms with Crippen molar-refractivity contribution in [3.05, 3.63) is 139 Å². The molecule has 0 radical (unpaired) electrons. The molecule has 0 aromatic heterocycles. The molecule has 0 heterocycles. The third kappa shape index (κ3) is 3.87. The predicted octanol–water partition coefficient (Wildman–Crippen LogP) is 6.85. The smallest absolute Gasteiger partial charge is 0.0974 e. The normalized spacial score (nSPS) is 15.0. The van der Waals surface area contributed by atoms with E-state index in [1.165, 1.54) is 32.5 Å². The van der Waals surface area contributed by atoms with Crippen LogP contribution in [0.5, 0.6) is 0 Å². The molecule has 2 nitrogen and oxygen atoms in total. The lowest BCUT2D eigenvalue weighted by Gasteiger charge is -2.17. The summed E-state index contributed by atoms with van der Waals surface area (Å²) < 4.78 is 0. The Bertz CT molecular complexity index is 1460. The maximum Gasteiger partial charge on any atom is 0.0974 e. The average Bonchev–Trinajstić information content (AvgIpc) is 3.20. The first kappa shape index (κ1) is 20.7. The zero-order valence-corrected chi connectivity index (χ0v) is 19.6. The molecule has 0 spiro atoms. The van der Waals surface area contributed by atoms with Crippen LogP contribution in [0.15, 0.2) is 137 Å². The standard InChI is InChI=1S/C31H23N2P/c1-4-14-24(15-5-1)33-31-28-21-11-13-23-12-10-20-27(29(23)28)30(31)32-22-34(25-16-6-2-7-17-25)26-18-8-3-9-19-26/h1-21H,22H2. The van der Waals surface area contributed by atoms with Crippen molar-refractivity contribution in [2.24, 2.45) is 9.98 Å². The Balaban J connectivity index is 1.49. The van der Waals surface area contributed by atoms with E-state index in [0.29, 0.717) is 0 Å². The summed E-state index contributed by atoms with van der Waals surface area (Å²) in [6.45, 7) is 0. The molecular formula is C31H23N2P. The van der Waals surface area contributed by atoms with Gasteiger partial charge in [0.1, 0.15) is 0 Å². The van der Waals surface area contributed by atoms with E-state index >= 15 is 0 Å². The summed E-state index contributed by atoms with van der Waals surface area (Å²) in [5.74, 6) is 0. The third-order valence-corrected chi connectivity index (χ3v) is 8.41. The first-order valence-electron chi connectivity index (χ1n) is 11.5. The van der Waals surface area contributed by atoms with Crippen LogP contribution in [-0.4, -0.2) is 17.7 Å². The van der Waals surface area contributed by atoms with Gasteiger partial charge in [0.2, 0.25) is 0 Å². The van der Waals surface area contributed by atoms with Crippen LogP contribution in [0.1, 0.15) is 11.1 Å². The van der Waals surface area contributed by atoms with Gasteiger partial charge < -0.3 is 0 Å². The molecule has 0 saturated carbocycles. The minimum Gasteiger partial charge on any atom is -0.277 e. The summed E-state index contributed by atoms with van der Waals surface area (Å²) in [6, 6.07) is 44.7. The first-order chi connectivity index (χ1) is 16.9. The highest BCUT2D eigenvalue weighted by molar-refractivity contribution is 7.73. The van der Waals surface area contributed by atoms with Crippen molar-refractivity contribution in [2.45, 2.75) is 0 Å². The van der Waals surface area contributed by atoms with Gasteiger partial charge in [-0.15, -0.1) is 0 Å². The highest BCUT2D eigenvalue weighted by Gasteiger charge is 2.27. The maximum absolute atomic E-state index is 5.31. The lowest BCUT2D eigenvalue weighted by molar-refractivity contribution is 1.37. The molecule has 6 rings (SSSR count). The minimum absolute atomic E-state index is 0.623. The van der Waals surface area contributed by atoms with Crippen LogP contribution < -0.4 is 10.6 Å². The van der Waals surface area contributed by atoms with Crippen LogP contribution in [0.4, 0.5) is 5.69 Å². The van der Waals surface area contributed by atoms with Crippen LogP contribution in [0.3, 0.4) is 0 Å². The molecule has 0 aliphatic heterocycles. The van der Waals surface area contributed by atoms with Crippen molar-refractivity contribution in [1.82, 2.24) is 0 Å². The Hall–Kier alpha value is -3.87. The Morgan fingerprint density at radius 3 is 1.62 bits per heavy atom. The molecule has 0 atom stereocenters. The number of hydrogen-bond donors (Lipinski definition) is 0. The fraction of sp³-hybridized carbons (Fsp3) is 0.0323.